The van der Waals surface area contributed by atoms with Crippen LogP contribution in [0.4, 0.5) is 4.79 Å². The number of fused-ring (bicyclic) bond motifs is 1. The molecule has 0 N–H and O–H groups in total. The van der Waals surface area contributed by atoms with Crippen molar-refractivity contribution >= 4 is 39.2 Å². The lowest BCUT2D eigenvalue weighted by atomic mass is 9.96. The van der Waals surface area contributed by atoms with Gasteiger partial charge in [-0.1, -0.05) is 11.6 Å². The molecule has 1 amide bonds. The van der Waals surface area contributed by atoms with Crippen LogP contribution < -0.4 is 0 Å². The van der Waals surface area contributed by atoms with E-state index in [1.165, 1.54) is 4.88 Å². The number of morpholine rings is 1. The van der Waals surface area contributed by atoms with Gasteiger partial charge in [0.25, 0.3) is 0 Å². The number of piperidine rings is 1. The van der Waals surface area contributed by atoms with Crippen molar-refractivity contribution in [2.45, 2.75) is 50.9 Å². The fraction of sp³-hybridized carbons (Fsp3) is 0.696. The number of alkyl halides is 1. The van der Waals surface area contributed by atoms with Gasteiger partial charge >= 0.3 is 6.09 Å². The predicted molar refractivity (Wildman–Crippen MR) is 130 cm³/mol. The number of aromatic nitrogens is 2. The summed E-state index contributed by atoms with van der Waals surface area (Å²) >= 11 is 8.10. The van der Waals surface area contributed by atoms with Crippen molar-refractivity contribution in [1.29, 1.82) is 0 Å². The minimum atomic E-state index is -0.464. The molecule has 2 aliphatic heterocycles. The Morgan fingerprint density at radius 1 is 1.36 bits per heavy atom. The first-order valence-corrected chi connectivity index (χ1v) is 12.8. The van der Waals surface area contributed by atoms with Crippen LogP contribution in [0.15, 0.2) is 18.6 Å². The normalized spacial score (nSPS) is 22.1. The molecule has 10 heteroatoms. The van der Waals surface area contributed by atoms with Gasteiger partial charge in [0.15, 0.2) is 0 Å². The van der Waals surface area contributed by atoms with Crippen LogP contribution >= 0.6 is 22.9 Å². The standard InChI is InChI=1S/C23H34ClN5O3S/c1-23(2,3)32-22(30)28-7-5-16(6-8-28)13-27(4)21(29-9-10-31-20(24)14-29)18-11-17-19(33-18)12-25-15-26-17/h11-12,15-16,20-21H,5-10,13-14H2,1-4H3. The summed E-state index contributed by atoms with van der Waals surface area (Å²) in [6, 6.07) is 2.17. The summed E-state index contributed by atoms with van der Waals surface area (Å²) in [7, 11) is 2.18. The molecule has 182 valence electrons. The SMILES string of the molecule is CN(CC1CCN(C(=O)OC(C)(C)C)CC1)C(c1cc2ncncc2s1)N1CCOC(Cl)C1. The minimum Gasteiger partial charge on any atom is -0.444 e. The van der Waals surface area contributed by atoms with Gasteiger partial charge in [0.2, 0.25) is 0 Å². The number of hydrogen-bond acceptors (Lipinski definition) is 8. The third-order valence-electron chi connectivity index (χ3n) is 6.10. The Kier molecular flexibility index (Phi) is 7.75. The number of carbonyl (C=O) groups is 1. The van der Waals surface area contributed by atoms with Gasteiger partial charge in [-0.05, 0) is 52.6 Å². The molecule has 0 bridgehead atoms. The van der Waals surface area contributed by atoms with E-state index in [0.717, 1.165) is 49.2 Å². The fourth-order valence-electron chi connectivity index (χ4n) is 4.59. The Balaban J connectivity index is 1.44. The van der Waals surface area contributed by atoms with Crippen LogP contribution in [0.5, 0.6) is 0 Å². The molecule has 8 nitrogen and oxygen atoms in total. The third-order valence-corrected chi connectivity index (χ3v) is 7.46. The zero-order valence-corrected chi connectivity index (χ0v) is 21.4. The molecule has 2 aromatic rings. The molecule has 0 aromatic carbocycles. The number of amides is 1. The van der Waals surface area contributed by atoms with Crippen molar-refractivity contribution in [3.8, 4) is 0 Å². The van der Waals surface area contributed by atoms with E-state index < -0.39 is 5.60 Å². The second-order valence-corrected chi connectivity index (χ2v) is 11.5. The van der Waals surface area contributed by atoms with Crippen LogP contribution in [-0.4, -0.2) is 88.3 Å². The first-order chi connectivity index (χ1) is 15.7. The summed E-state index contributed by atoms with van der Waals surface area (Å²) in [6.45, 7) is 10.3. The topological polar surface area (TPSA) is 71.0 Å². The molecule has 0 radical (unpaired) electrons. The summed E-state index contributed by atoms with van der Waals surface area (Å²) in [6.07, 6.45) is 5.30. The van der Waals surface area contributed by atoms with Crippen LogP contribution in [0, 0.1) is 5.92 Å². The van der Waals surface area contributed by atoms with Gasteiger partial charge in [-0.3, -0.25) is 9.80 Å². The minimum absolute atomic E-state index is 0.0956. The third kappa shape index (κ3) is 6.33. The Labute approximate surface area is 204 Å². The van der Waals surface area contributed by atoms with Gasteiger partial charge in [0.05, 0.1) is 23.0 Å². The number of carbonyl (C=O) groups excluding carboxylic acids is 1. The molecular formula is C23H34ClN5O3S. The lowest BCUT2D eigenvalue weighted by molar-refractivity contribution is -0.0464. The lowest BCUT2D eigenvalue weighted by Crippen LogP contribution is -2.49. The van der Waals surface area contributed by atoms with Crippen LogP contribution in [0.1, 0.15) is 44.7 Å². The van der Waals surface area contributed by atoms with Gasteiger partial charge in [-0.15, -0.1) is 11.3 Å². The number of thiophene rings is 1. The molecule has 4 heterocycles. The second kappa shape index (κ2) is 10.4. The average molecular weight is 496 g/mol. The maximum atomic E-state index is 12.4. The van der Waals surface area contributed by atoms with Gasteiger partial charge < -0.3 is 14.4 Å². The summed E-state index contributed by atoms with van der Waals surface area (Å²) in [5.74, 6) is 0.512. The maximum Gasteiger partial charge on any atom is 0.410 e. The number of nitrogens with zero attached hydrogens (tertiary/aromatic N) is 5. The molecule has 33 heavy (non-hydrogen) atoms. The molecule has 2 atom stereocenters. The number of rotatable bonds is 5. The number of hydrogen-bond donors (Lipinski definition) is 0. The van der Waals surface area contributed by atoms with Crippen LogP contribution in [0.3, 0.4) is 0 Å². The van der Waals surface area contributed by atoms with E-state index in [-0.39, 0.29) is 17.8 Å². The van der Waals surface area contributed by atoms with Crippen LogP contribution in [0.2, 0.25) is 0 Å². The Morgan fingerprint density at radius 3 is 2.79 bits per heavy atom. The lowest BCUT2D eigenvalue weighted by Gasteiger charge is -2.42. The number of ether oxygens (including phenoxy) is 2. The van der Waals surface area contributed by atoms with Crippen molar-refractivity contribution in [2.75, 3.05) is 46.4 Å². The largest absolute Gasteiger partial charge is 0.444 e. The molecular weight excluding hydrogens is 462 g/mol. The predicted octanol–water partition coefficient (Wildman–Crippen LogP) is 4.17. The highest BCUT2D eigenvalue weighted by Gasteiger charge is 2.33. The molecule has 2 fully saturated rings. The van der Waals surface area contributed by atoms with E-state index in [9.17, 15) is 4.79 Å². The number of halogens is 1. The van der Waals surface area contributed by atoms with Crippen molar-refractivity contribution in [3.63, 3.8) is 0 Å². The zero-order valence-electron chi connectivity index (χ0n) is 19.9. The summed E-state index contributed by atoms with van der Waals surface area (Å²) in [4.78, 5) is 28.9. The van der Waals surface area contributed by atoms with Gasteiger partial charge in [0, 0.05) is 43.8 Å². The molecule has 2 aliphatic rings. The van der Waals surface area contributed by atoms with Gasteiger partial charge in [-0.2, -0.15) is 0 Å². The fourth-order valence-corrected chi connectivity index (χ4v) is 6.04. The monoisotopic (exact) mass is 495 g/mol. The Morgan fingerprint density at radius 2 is 2.12 bits per heavy atom. The molecule has 0 aliphatic carbocycles. The van der Waals surface area contributed by atoms with Crippen molar-refractivity contribution in [3.05, 3.63) is 23.5 Å². The first kappa shape index (κ1) is 24.6. The van der Waals surface area contributed by atoms with Crippen molar-refractivity contribution < 1.29 is 14.3 Å². The highest BCUT2D eigenvalue weighted by molar-refractivity contribution is 7.19. The quantitative estimate of drug-likeness (QED) is 0.576. The zero-order chi connectivity index (χ0) is 23.6. The molecule has 4 rings (SSSR count). The summed E-state index contributed by atoms with van der Waals surface area (Å²) < 4.78 is 12.2. The Bertz CT molecular complexity index is 911. The molecule has 0 saturated carbocycles. The van der Waals surface area contributed by atoms with Crippen LogP contribution in [-0.2, 0) is 9.47 Å². The highest BCUT2D eigenvalue weighted by Crippen LogP contribution is 2.35. The van der Waals surface area contributed by atoms with Crippen molar-refractivity contribution in [1.82, 2.24) is 24.7 Å². The smallest absolute Gasteiger partial charge is 0.410 e. The van der Waals surface area contributed by atoms with E-state index in [1.807, 2.05) is 31.9 Å². The van der Waals surface area contributed by atoms with E-state index in [1.54, 1.807) is 17.7 Å². The Hall–Kier alpha value is -1.52. The highest BCUT2D eigenvalue weighted by atomic mass is 35.5. The molecule has 2 saturated heterocycles. The second-order valence-electron chi connectivity index (χ2n) is 9.92. The number of likely N-dealkylation sites (tertiary alicyclic amines) is 1. The van der Waals surface area contributed by atoms with E-state index >= 15 is 0 Å². The van der Waals surface area contributed by atoms with E-state index in [4.69, 9.17) is 21.1 Å². The first-order valence-electron chi connectivity index (χ1n) is 11.6. The van der Waals surface area contributed by atoms with E-state index in [2.05, 4.69) is 32.9 Å². The van der Waals surface area contributed by atoms with Gasteiger partial charge in [0.1, 0.15) is 17.5 Å². The summed E-state index contributed by atoms with van der Waals surface area (Å²) in [5.41, 5.74) is 0.208. The molecule has 0 spiro atoms. The molecule has 2 aromatic heterocycles. The average Bonchev–Trinajstić information content (AvgIpc) is 3.16. The molecule has 2 unspecified atom stereocenters. The maximum absolute atomic E-state index is 12.4. The van der Waals surface area contributed by atoms with Gasteiger partial charge in [-0.25, -0.2) is 14.8 Å². The summed E-state index contributed by atoms with van der Waals surface area (Å²) in [5, 5.41) is 0. The van der Waals surface area contributed by atoms with E-state index in [0.29, 0.717) is 19.1 Å². The van der Waals surface area contributed by atoms with Crippen molar-refractivity contribution in [2.24, 2.45) is 5.92 Å². The van der Waals surface area contributed by atoms with Crippen LogP contribution in [0.25, 0.3) is 10.2 Å².